The molecule has 0 radical (unpaired) electrons. The summed E-state index contributed by atoms with van der Waals surface area (Å²) in [4.78, 5) is 8.94. The van der Waals surface area contributed by atoms with Crippen molar-refractivity contribution in [3.8, 4) is 0 Å². The van der Waals surface area contributed by atoms with Gasteiger partial charge in [-0.15, -0.1) is 0 Å². The molecule has 0 saturated carbocycles. The molecule has 1 aromatic heterocycles. The van der Waals surface area contributed by atoms with Crippen LogP contribution in [0, 0.1) is 12.3 Å². The summed E-state index contributed by atoms with van der Waals surface area (Å²) in [5.41, 5.74) is 2.27. The van der Waals surface area contributed by atoms with Crippen molar-refractivity contribution in [3.63, 3.8) is 0 Å². The molecule has 3 heteroatoms. The molecule has 0 aromatic carbocycles. The van der Waals surface area contributed by atoms with Crippen LogP contribution < -0.4 is 0 Å². The highest BCUT2D eigenvalue weighted by Crippen LogP contribution is 2.26. The largest absolute Gasteiger partial charge is 0.238 e. The van der Waals surface area contributed by atoms with E-state index in [0.717, 1.165) is 23.5 Å². The standard InChI is InChI=1S/C13H21ClN2/c1-8(2)11-9(3)15-10(16-12(11)14)7-13(4,5)6/h8H,7H2,1-6H3. The van der Waals surface area contributed by atoms with Crippen molar-refractivity contribution in [2.75, 3.05) is 0 Å². The normalized spacial score (nSPS) is 12.2. The van der Waals surface area contributed by atoms with Crippen LogP contribution >= 0.6 is 11.6 Å². The molecule has 2 nitrogen and oxygen atoms in total. The van der Waals surface area contributed by atoms with Crippen molar-refractivity contribution in [2.24, 2.45) is 5.41 Å². The molecule has 0 spiro atoms. The number of aromatic nitrogens is 2. The molecule has 0 aliphatic heterocycles. The lowest BCUT2D eigenvalue weighted by molar-refractivity contribution is 0.400. The van der Waals surface area contributed by atoms with Gasteiger partial charge in [-0.1, -0.05) is 46.2 Å². The Morgan fingerprint density at radius 1 is 1.19 bits per heavy atom. The van der Waals surface area contributed by atoms with Gasteiger partial charge in [0.2, 0.25) is 0 Å². The number of rotatable bonds is 2. The first kappa shape index (κ1) is 13.4. The third-order valence-corrected chi connectivity index (χ3v) is 2.69. The fraction of sp³-hybridized carbons (Fsp3) is 0.692. The lowest BCUT2D eigenvalue weighted by Gasteiger charge is -2.18. The molecular weight excluding hydrogens is 220 g/mol. The highest BCUT2D eigenvalue weighted by atomic mass is 35.5. The summed E-state index contributed by atoms with van der Waals surface area (Å²) >= 11 is 6.21. The SMILES string of the molecule is Cc1nc(CC(C)(C)C)nc(Cl)c1C(C)C. The first-order chi connectivity index (χ1) is 7.20. The third-order valence-electron chi connectivity index (χ3n) is 2.40. The fourth-order valence-corrected chi connectivity index (χ4v) is 2.26. The van der Waals surface area contributed by atoms with Gasteiger partial charge in [0.25, 0.3) is 0 Å². The monoisotopic (exact) mass is 240 g/mol. The number of aryl methyl sites for hydroxylation is 1. The zero-order chi connectivity index (χ0) is 12.5. The molecule has 1 heterocycles. The van der Waals surface area contributed by atoms with Gasteiger partial charge in [-0.05, 0) is 18.3 Å². The summed E-state index contributed by atoms with van der Waals surface area (Å²) in [7, 11) is 0. The van der Waals surface area contributed by atoms with E-state index in [-0.39, 0.29) is 5.41 Å². The van der Waals surface area contributed by atoms with Crippen molar-refractivity contribution in [2.45, 2.75) is 53.9 Å². The Kier molecular flexibility index (Phi) is 3.95. The molecule has 0 saturated heterocycles. The van der Waals surface area contributed by atoms with Crippen LogP contribution in [0.2, 0.25) is 5.15 Å². The summed E-state index contributed by atoms with van der Waals surface area (Å²) in [6, 6.07) is 0. The molecular formula is C13H21ClN2. The second-order valence-corrected chi connectivity index (χ2v) is 6.18. The molecule has 0 bridgehead atoms. The van der Waals surface area contributed by atoms with Crippen LogP contribution in [0.15, 0.2) is 0 Å². The maximum absolute atomic E-state index is 6.21. The second-order valence-electron chi connectivity index (χ2n) is 5.82. The van der Waals surface area contributed by atoms with E-state index in [2.05, 4.69) is 44.6 Å². The van der Waals surface area contributed by atoms with Crippen LogP contribution in [-0.2, 0) is 6.42 Å². The van der Waals surface area contributed by atoms with E-state index >= 15 is 0 Å². The molecule has 0 aliphatic rings. The van der Waals surface area contributed by atoms with Crippen LogP contribution in [0.1, 0.15) is 57.6 Å². The van der Waals surface area contributed by atoms with Gasteiger partial charge in [0.1, 0.15) is 11.0 Å². The molecule has 90 valence electrons. The predicted octanol–water partition coefficient (Wildman–Crippen LogP) is 4.15. The van der Waals surface area contributed by atoms with Crippen LogP contribution in [-0.4, -0.2) is 9.97 Å². The van der Waals surface area contributed by atoms with Gasteiger partial charge in [0, 0.05) is 17.7 Å². The Balaban J connectivity index is 3.10. The first-order valence-corrected chi connectivity index (χ1v) is 6.11. The van der Waals surface area contributed by atoms with Crippen molar-refractivity contribution < 1.29 is 0 Å². The molecule has 1 rings (SSSR count). The third kappa shape index (κ3) is 3.44. The molecule has 1 aromatic rings. The topological polar surface area (TPSA) is 25.8 Å². The van der Waals surface area contributed by atoms with E-state index in [1.165, 1.54) is 0 Å². The predicted molar refractivity (Wildman–Crippen MR) is 69.0 cm³/mol. The van der Waals surface area contributed by atoms with Crippen molar-refractivity contribution >= 4 is 11.6 Å². The summed E-state index contributed by atoms with van der Waals surface area (Å²) in [5, 5.41) is 0.613. The molecule has 0 atom stereocenters. The highest BCUT2D eigenvalue weighted by molar-refractivity contribution is 6.30. The second kappa shape index (κ2) is 4.70. The first-order valence-electron chi connectivity index (χ1n) is 5.73. The Hall–Kier alpha value is -0.630. The van der Waals surface area contributed by atoms with Gasteiger partial charge < -0.3 is 0 Å². The molecule has 0 fully saturated rings. The molecule has 0 unspecified atom stereocenters. The Bertz CT molecular complexity index is 355. The van der Waals surface area contributed by atoms with Crippen LogP contribution in [0.25, 0.3) is 0 Å². The molecule has 0 N–H and O–H groups in total. The summed E-state index contributed by atoms with van der Waals surface area (Å²) in [5.74, 6) is 1.22. The zero-order valence-electron chi connectivity index (χ0n) is 11.1. The number of hydrogen-bond acceptors (Lipinski definition) is 2. The molecule has 0 amide bonds. The Morgan fingerprint density at radius 3 is 2.12 bits per heavy atom. The summed E-state index contributed by atoms with van der Waals surface area (Å²) in [6.07, 6.45) is 0.853. The zero-order valence-corrected chi connectivity index (χ0v) is 11.8. The van der Waals surface area contributed by atoms with Gasteiger partial charge in [-0.3, -0.25) is 0 Å². The fourth-order valence-electron chi connectivity index (χ4n) is 1.81. The average molecular weight is 241 g/mol. The molecule has 0 aliphatic carbocycles. The lowest BCUT2D eigenvalue weighted by atomic mass is 9.92. The quantitative estimate of drug-likeness (QED) is 0.726. The summed E-state index contributed by atoms with van der Waals surface area (Å²) in [6.45, 7) is 12.8. The van der Waals surface area contributed by atoms with Gasteiger partial charge in [-0.25, -0.2) is 9.97 Å². The van der Waals surface area contributed by atoms with Gasteiger partial charge >= 0.3 is 0 Å². The molecule has 16 heavy (non-hydrogen) atoms. The van der Waals surface area contributed by atoms with Crippen LogP contribution in [0.3, 0.4) is 0 Å². The van der Waals surface area contributed by atoms with Gasteiger partial charge in [0.05, 0.1) is 0 Å². The minimum Gasteiger partial charge on any atom is -0.238 e. The number of hydrogen-bond donors (Lipinski definition) is 0. The highest BCUT2D eigenvalue weighted by Gasteiger charge is 2.17. The Labute approximate surface area is 103 Å². The van der Waals surface area contributed by atoms with E-state index < -0.39 is 0 Å². The Morgan fingerprint density at radius 2 is 1.75 bits per heavy atom. The maximum atomic E-state index is 6.21. The average Bonchev–Trinajstić information content (AvgIpc) is 1.96. The summed E-state index contributed by atoms with van der Waals surface area (Å²) < 4.78 is 0. The van der Waals surface area contributed by atoms with E-state index in [4.69, 9.17) is 11.6 Å². The van der Waals surface area contributed by atoms with E-state index in [1.807, 2.05) is 6.92 Å². The smallest absolute Gasteiger partial charge is 0.136 e. The van der Waals surface area contributed by atoms with Crippen molar-refractivity contribution in [1.29, 1.82) is 0 Å². The lowest BCUT2D eigenvalue weighted by Crippen LogP contribution is -2.14. The van der Waals surface area contributed by atoms with Crippen molar-refractivity contribution in [1.82, 2.24) is 9.97 Å². The van der Waals surface area contributed by atoms with E-state index in [1.54, 1.807) is 0 Å². The number of nitrogens with zero attached hydrogens (tertiary/aromatic N) is 2. The van der Waals surface area contributed by atoms with E-state index in [0.29, 0.717) is 11.1 Å². The van der Waals surface area contributed by atoms with Crippen molar-refractivity contribution in [3.05, 3.63) is 22.2 Å². The van der Waals surface area contributed by atoms with E-state index in [9.17, 15) is 0 Å². The minimum atomic E-state index is 0.190. The van der Waals surface area contributed by atoms with Gasteiger partial charge in [0.15, 0.2) is 0 Å². The van der Waals surface area contributed by atoms with Gasteiger partial charge in [-0.2, -0.15) is 0 Å². The van der Waals surface area contributed by atoms with Crippen LogP contribution in [0.5, 0.6) is 0 Å². The maximum Gasteiger partial charge on any atom is 0.136 e. The number of halogens is 1. The minimum absolute atomic E-state index is 0.190. The van der Waals surface area contributed by atoms with Crippen LogP contribution in [0.4, 0.5) is 0 Å².